The maximum Gasteiger partial charge on any atom is 0.332 e. The second-order valence-corrected chi connectivity index (χ2v) is 3.98. The SMILES string of the molecule is CC(=O)O/N=C1\OC[C@@H](OC(C)=O)c2ccccc21. The smallest absolute Gasteiger partial charge is 0.332 e. The Hall–Kier alpha value is -2.37. The molecular formula is C13H13NO5. The van der Waals surface area contributed by atoms with Crippen molar-refractivity contribution in [2.75, 3.05) is 6.61 Å². The Morgan fingerprint density at radius 3 is 2.68 bits per heavy atom. The lowest BCUT2D eigenvalue weighted by atomic mass is 10.0. The standard InChI is InChI=1S/C13H13NO5/c1-8(15)18-12-7-17-13(14-19-9(2)16)11-6-4-3-5-10(11)12/h3-6,12H,7H2,1-2H3/b14-13-/t12-/m1/s1. The van der Waals surface area contributed by atoms with Crippen LogP contribution in [0.5, 0.6) is 0 Å². The van der Waals surface area contributed by atoms with Crippen LogP contribution in [0.2, 0.25) is 0 Å². The zero-order chi connectivity index (χ0) is 13.8. The van der Waals surface area contributed by atoms with Gasteiger partial charge in [-0.3, -0.25) is 4.79 Å². The number of oxime groups is 1. The molecule has 0 aliphatic carbocycles. The van der Waals surface area contributed by atoms with Crippen molar-refractivity contribution in [1.29, 1.82) is 0 Å². The molecule has 2 rings (SSSR count). The fourth-order valence-electron chi connectivity index (χ4n) is 1.77. The summed E-state index contributed by atoms with van der Waals surface area (Å²) >= 11 is 0. The summed E-state index contributed by atoms with van der Waals surface area (Å²) in [7, 11) is 0. The molecule has 0 fully saturated rings. The topological polar surface area (TPSA) is 74.2 Å². The number of carbonyl (C=O) groups is 2. The largest absolute Gasteiger partial charge is 0.471 e. The molecule has 0 aromatic heterocycles. The van der Waals surface area contributed by atoms with Gasteiger partial charge in [0.2, 0.25) is 0 Å². The van der Waals surface area contributed by atoms with Crippen LogP contribution in [-0.2, 0) is 23.9 Å². The lowest BCUT2D eigenvalue weighted by Gasteiger charge is -2.25. The van der Waals surface area contributed by atoms with Gasteiger partial charge in [0.1, 0.15) is 6.61 Å². The Morgan fingerprint density at radius 2 is 2.00 bits per heavy atom. The number of nitrogens with zero attached hydrogens (tertiary/aromatic N) is 1. The van der Waals surface area contributed by atoms with E-state index in [1.165, 1.54) is 13.8 Å². The third-order valence-corrected chi connectivity index (χ3v) is 2.47. The van der Waals surface area contributed by atoms with Gasteiger partial charge >= 0.3 is 11.9 Å². The lowest BCUT2D eigenvalue weighted by molar-refractivity contribution is -0.148. The fraction of sp³-hybridized carbons (Fsp3) is 0.308. The maximum absolute atomic E-state index is 11.0. The normalized spacial score (nSPS) is 19.3. The quantitative estimate of drug-likeness (QED) is 0.459. The minimum absolute atomic E-state index is 0.136. The van der Waals surface area contributed by atoms with E-state index in [2.05, 4.69) is 9.99 Å². The van der Waals surface area contributed by atoms with Gasteiger partial charge in [0, 0.05) is 25.0 Å². The van der Waals surface area contributed by atoms with E-state index in [0.717, 1.165) is 5.56 Å². The molecular weight excluding hydrogens is 250 g/mol. The average molecular weight is 263 g/mol. The van der Waals surface area contributed by atoms with E-state index >= 15 is 0 Å². The molecule has 1 aromatic rings. The minimum Gasteiger partial charge on any atom is -0.471 e. The summed E-state index contributed by atoms with van der Waals surface area (Å²) in [6.07, 6.45) is -0.482. The van der Waals surface area contributed by atoms with Crippen LogP contribution in [0.25, 0.3) is 0 Å². The summed E-state index contributed by atoms with van der Waals surface area (Å²) in [5.74, 6) is -0.714. The molecule has 6 heteroatoms. The molecule has 0 saturated heterocycles. The van der Waals surface area contributed by atoms with Crippen molar-refractivity contribution in [1.82, 2.24) is 0 Å². The van der Waals surface area contributed by atoms with E-state index in [4.69, 9.17) is 9.47 Å². The molecule has 0 unspecified atom stereocenters. The van der Waals surface area contributed by atoms with Crippen molar-refractivity contribution in [2.45, 2.75) is 20.0 Å². The molecule has 0 spiro atoms. The van der Waals surface area contributed by atoms with Gasteiger partial charge in [-0.25, -0.2) is 4.79 Å². The van der Waals surface area contributed by atoms with Gasteiger partial charge in [-0.2, -0.15) is 0 Å². The van der Waals surface area contributed by atoms with E-state index in [-0.39, 0.29) is 18.5 Å². The highest BCUT2D eigenvalue weighted by Crippen LogP contribution is 2.28. The average Bonchev–Trinajstić information content (AvgIpc) is 2.37. The van der Waals surface area contributed by atoms with Gasteiger partial charge < -0.3 is 14.3 Å². The molecule has 19 heavy (non-hydrogen) atoms. The van der Waals surface area contributed by atoms with Crippen LogP contribution in [0.4, 0.5) is 0 Å². The van der Waals surface area contributed by atoms with Crippen molar-refractivity contribution >= 4 is 17.8 Å². The highest BCUT2D eigenvalue weighted by atomic mass is 16.7. The highest BCUT2D eigenvalue weighted by molar-refractivity contribution is 5.96. The van der Waals surface area contributed by atoms with Gasteiger partial charge in [-0.15, -0.1) is 0 Å². The van der Waals surface area contributed by atoms with Crippen LogP contribution in [0, 0.1) is 0 Å². The second kappa shape index (κ2) is 5.51. The van der Waals surface area contributed by atoms with Gasteiger partial charge in [-0.05, 0) is 11.2 Å². The van der Waals surface area contributed by atoms with E-state index in [0.29, 0.717) is 5.56 Å². The molecule has 1 atom stereocenters. The summed E-state index contributed by atoms with van der Waals surface area (Å²) in [6, 6.07) is 7.19. The summed E-state index contributed by atoms with van der Waals surface area (Å²) in [5, 5.41) is 3.64. The molecule has 0 amide bonds. The summed E-state index contributed by atoms with van der Waals surface area (Å²) in [5.41, 5.74) is 1.41. The molecule has 6 nitrogen and oxygen atoms in total. The third kappa shape index (κ3) is 3.09. The van der Waals surface area contributed by atoms with Crippen LogP contribution in [0.15, 0.2) is 29.4 Å². The predicted molar refractivity (Wildman–Crippen MR) is 65.2 cm³/mol. The Bertz CT molecular complexity index is 538. The number of esters is 1. The van der Waals surface area contributed by atoms with E-state index in [9.17, 15) is 9.59 Å². The second-order valence-electron chi connectivity index (χ2n) is 3.98. The summed E-state index contributed by atoms with van der Waals surface area (Å²) < 4.78 is 10.5. The number of hydrogen-bond donors (Lipinski definition) is 0. The molecule has 0 saturated carbocycles. The molecule has 1 aromatic carbocycles. The van der Waals surface area contributed by atoms with Gasteiger partial charge in [0.05, 0.1) is 0 Å². The monoisotopic (exact) mass is 263 g/mol. The molecule has 0 N–H and O–H groups in total. The van der Waals surface area contributed by atoms with Crippen molar-refractivity contribution in [3.8, 4) is 0 Å². The minimum atomic E-state index is -0.532. The lowest BCUT2D eigenvalue weighted by Crippen LogP contribution is -2.26. The van der Waals surface area contributed by atoms with Gasteiger partial charge in [-0.1, -0.05) is 18.2 Å². The van der Waals surface area contributed by atoms with Crippen LogP contribution in [0.3, 0.4) is 0 Å². The van der Waals surface area contributed by atoms with E-state index in [1.807, 2.05) is 12.1 Å². The predicted octanol–water partition coefficient (Wildman–Crippen LogP) is 1.55. The summed E-state index contributed by atoms with van der Waals surface area (Å²) in [4.78, 5) is 26.4. The van der Waals surface area contributed by atoms with E-state index < -0.39 is 12.1 Å². The van der Waals surface area contributed by atoms with Crippen molar-refractivity contribution < 1.29 is 23.9 Å². The first-order valence-electron chi connectivity index (χ1n) is 5.73. The van der Waals surface area contributed by atoms with Crippen LogP contribution >= 0.6 is 0 Å². The zero-order valence-electron chi connectivity index (χ0n) is 10.6. The van der Waals surface area contributed by atoms with E-state index in [1.54, 1.807) is 12.1 Å². The number of fused-ring (bicyclic) bond motifs is 1. The van der Waals surface area contributed by atoms with Crippen molar-refractivity contribution in [3.63, 3.8) is 0 Å². The van der Waals surface area contributed by atoms with Crippen LogP contribution in [-0.4, -0.2) is 24.4 Å². The first-order valence-corrected chi connectivity index (χ1v) is 5.73. The van der Waals surface area contributed by atoms with Gasteiger partial charge in [0.25, 0.3) is 5.90 Å². The Balaban J connectivity index is 2.31. The number of ether oxygens (including phenoxy) is 2. The molecule has 1 heterocycles. The van der Waals surface area contributed by atoms with Crippen LogP contribution < -0.4 is 0 Å². The Morgan fingerprint density at radius 1 is 1.26 bits per heavy atom. The Kier molecular flexibility index (Phi) is 3.79. The van der Waals surface area contributed by atoms with Crippen molar-refractivity contribution in [2.24, 2.45) is 5.16 Å². The summed E-state index contributed by atoms with van der Waals surface area (Å²) in [6.45, 7) is 2.72. The molecule has 100 valence electrons. The first kappa shape index (κ1) is 13.1. The number of carbonyl (C=O) groups excluding carboxylic acids is 2. The van der Waals surface area contributed by atoms with Crippen molar-refractivity contribution in [3.05, 3.63) is 35.4 Å². The van der Waals surface area contributed by atoms with Crippen LogP contribution in [0.1, 0.15) is 31.1 Å². The molecule has 1 aliphatic rings. The number of rotatable bonds is 2. The fourth-order valence-corrected chi connectivity index (χ4v) is 1.77. The molecule has 0 radical (unpaired) electrons. The third-order valence-electron chi connectivity index (χ3n) is 2.47. The van der Waals surface area contributed by atoms with Gasteiger partial charge in [0.15, 0.2) is 6.10 Å². The number of hydrogen-bond acceptors (Lipinski definition) is 6. The molecule has 0 bridgehead atoms. The molecule has 1 aliphatic heterocycles. The first-order chi connectivity index (χ1) is 9.08. The maximum atomic E-state index is 11.0. The Labute approximate surface area is 109 Å². The highest BCUT2D eigenvalue weighted by Gasteiger charge is 2.28. The zero-order valence-corrected chi connectivity index (χ0v) is 10.6. The number of benzene rings is 1.